The maximum Gasteiger partial charge on any atom is 0.387 e. The summed E-state index contributed by atoms with van der Waals surface area (Å²) in [5, 5.41) is 0. The van der Waals surface area contributed by atoms with Crippen LogP contribution in [0.25, 0.3) is 0 Å². The lowest BCUT2D eigenvalue weighted by molar-refractivity contribution is -0.0525. The predicted molar refractivity (Wildman–Crippen MR) is 102 cm³/mol. The third-order valence-corrected chi connectivity index (χ3v) is 7.19. The molecule has 2 fully saturated rings. The zero-order valence-electron chi connectivity index (χ0n) is 16.7. The fraction of sp³-hybridized carbons (Fsp3) is 0.739. The Balaban J connectivity index is 1.45. The van der Waals surface area contributed by atoms with Crippen LogP contribution in [-0.2, 0) is 6.42 Å². The van der Waals surface area contributed by atoms with Gasteiger partial charge in [0.05, 0.1) is 0 Å². The second-order valence-electron chi connectivity index (χ2n) is 8.74. The second kappa shape index (κ2) is 9.98. The largest absolute Gasteiger partial charge is 0.432 e. The Morgan fingerprint density at radius 1 is 0.857 bits per heavy atom. The highest BCUT2D eigenvalue weighted by molar-refractivity contribution is 5.31. The van der Waals surface area contributed by atoms with Gasteiger partial charge in [0.15, 0.2) is 11.6 Å². The van der Waals surface area contributed by atoms with Gasteiger partial charge in [-0.05, 0) is 73.8 Å². The van der Waals surface area contributed by atoms with Gasteiger partial charge in [-0.3, -0.25) is 0 Å². The van der Waals surface area contributed by atoms with E-state index < -0.39 is 24.0 Å². The Morgan fingerprint density at radius 2 is 1.43 bits per heavy atom. The number of rotatable bonds is 7. The quantitative estimate of drug-likeness (QED) is 0.430. The molecule has 0 saturated heterocycles. The molecule has 2 saturated carbocycles. The Bertz CT molecular complexity index is 617. The molecular formula is C23H32F4O. The van der Waals surface area contributed by atoms with Gasteiger partial charge in [-0.2, -0.15) is 13.2 Å². The smallest absolute Gasteiger partial charge is 0.387 e. The van der Waals surface area contributed by atoms with E-state index >= 15 is 0 Å². The minimum atomic E-state index is -3.16. The fourth-order valence-corrected chi connectivity index (χ4v) is 5.33. The molecule has 158 valence electrons. The highest BCUT2D eigenvalue weighted by Gasteiger charge is 2.30. The van der Waals surface area contributed by atoms with Crippen molar-refractivity contribution >= 4 is 0 Å². The molecular weight excluding hydrogens is 368 g/mol. The molecule has 1 nitrogen and oxygen atoms in total. The molecule has 0 aliphatic heterocycles. The van der Waals surface area contributed by atoms with E-state index in [0.29, 0.717) is 12.3 Å². The fourth-order valence-electron chi connectivity index (χ4n) is 5.33. The Labute approximate surface area is 165 Å². The summed E-state index contributed by atoms with van der Waals surface area (Å²) in [6, 6.07) is 2.47. The lowest BCUT2D eigenvalue weighted by atomic mass is 9.68. The minimum absolute atomic E-state index is 0.249. The van der Waals surface area contributed by atoms with Crippen LogP contribution in [0.3, 0.4) is 0 Å². The molecule has 2 aliphatic carbocycles. The molecule has 0 radical (unpaired) electrons. The monoisotopic (exact) mass is 400 g/mol. The summed E-state index contributed by atoms with van der Waals surface area (Å²) < 4.78 is 56.4. The standard InChI is InChI=1S/C23H32F4O/c1-2-15-3-8-17(9-4-15)18-10-5-16(6-11-18)7-12-19-13-14-20(28-23(26)27)22(25)21(19)24/h13-18,23H,2-12H2,1H3/t15-,16-,17-,18-. The summed E-state index contributed by atoms with van der Waals surface area (Å²) >= 11 is 0. The topological polar surface area (TPSA) is 9.23 Å². The third kappa shape index (κ3) is 5.42. The third-order valence-electron chi connectivity index (χ3n) is 7.19. The molecule has 0 N–H and O–H groups in total. The first-order chi connectivity index (χ1) is 13.5. The van der Waals surface area contributed by atoms with Gasteiger partial charge in [-0.25, -0.2) is 4.39 Å². The Morgan fingerprint density at radius 3 is 1.96 bits per heavy atom. The van der Waals surface area contributed by atoms with Crippen LogP contribution in [0.2, 0.25) is 0 Å². The molecule has 0 aromatic heterocycles. The van der Waals surface area contributed by atoms with Crippen LogP contribution >= 0.6 is 0 Å². The first kappa shape index (κ1) is 21.4. The SMILES string of the molecule is CC[C@H]1CC[C@H]([C@H]2CC[C@H](CCc3ccc(OC(F)F)c(F)c3F)CC2)CC1. The van der Waals surface area contributed by atoms with Crippen molar-refractivity contribution in [2.75, 3.05) is 0 Å². The Kier molecular flexibility index (Phi) is 7.64. The number of aryl methyl sites for hydroxylation is 1. The van der Waals surface area contributed by atoms with Crippen LogP contribution in [0.1, 0.15) is 76.7 Å². The van der Waals surface area contributed by atoms with Gasteiger partial charge in [0, 0.05) is 0 Å². The normalized spacial score (nSPS) is 28.5. The van der Waals surface area contributed by atoms with Crippen molar-refractivity contribution in [2.24, 2.45) is 23.7 Å². The summed E-state index contributed by atoms with van der Waals surface area (Å²) in [7, 11) is 0. The van der Waals surface area contributed by atoms with Crippen LogP contribution in [0.15, 0.2) is 12.1 Å². The van der Waals surface area contributed by atoms with Gasteiger partial charge >= 0.3 is 6.61 Å². The maximum absolute atomic E-state index is 14.1. The van der Waals surface area contributed by atoms with E-state index in [2.05, 4.69) is 11.7 Å². The van der Waals surface area contributed by atoms with Crippen LogP contribution in [0, 0.1) is 35.3 Å². The maximum atomic E-state index is 14.1. The molecule has 28 heavy (non-hydrogen) atoms. The zero-order valence-corrected chi connectivity index (χ0v) is 16.7. The number of hydrogen-bond donors (Lipinski definition) is 0. The van der Waals surface area contributed by atoms with E-state index in [0.717, 1.165) is 43.1 Å². The van der Waals surface area contributed by atoms with E-state index in [-0.39, 0.29) is 5.56 Å². The van der Waals surface area contributed by atoms with E-state index in [1.165, 1.54) is 51.0 Å². The first-order valence-corrected chi connectivity index (χ1v) is 10.9. The van der Waals surface area contributed by atoms with Crippen molar-refractivity contribution in [1.82, 2.24) is 0 Å². The highest BCUT2D eigenvalue weighted by atomic mass is 19.3. The molecule has 0 atom stereocenters. The molecule has 0 heterocycles. The number of halogens is 4. The van der Waals surface area contributed by atoms with Gasteiger partial charge in [-0.1, -0.05) is 45.1 Å². The van der Waals surface area contributed by atoms with Crippen molar-refractivity contribution in [1.29, 1.82) is 0 Å². The second-order valence-corrected chi connectivity index (χ2v) is 8.74. The van der Waals surface area contributed by atoms with Crippen molar-refractivity contribution in [3.63, 3.8) is 0 Å². The van der Waals surface area contributed by atoms with Gasteiger partial charge < -0.3 is 4.74 Å². The van der Waals surface area contributed by atoms with Gasteiger partial charge in [0.25, 0.3) is 0 Å². The lowest BCUT2D eigenvalue weighted by Gasteiger charge is -2.37. The van der Waals surface area contributed by atoms with Crippen LogP contribution in [0.4, 0.5) is 17.6 Å². The summed E-state index contributed by atoms with van der Waals surface area (Å²) in [4.78, 5) is 0. The summed E-state index contributed by atoms with van der Waals surface area (Å²) in [6.07, 6.45) is 12.9. The molecule has 0 amide bonds. The molecule has 0 spiro atoms. The molecule has 1 aromatic carbocycles. The zero-order chi connectivity index (χ0) is 20.1. The molecule has 0 bridgehead atoms. The number of ether oxygens (including phenoxy) is 1. The number of hydrogen-bond acceptors (Lipinski definition) is 1. The minimum Gasteiger partial charge on any atom is -0.432 e. The average Bonchev–Trinajstić information content (AvgIpc) is 2.71. The summed E-state index contributed by atoms with van der Waals surface area (Å²) in [6.45, 7) is -0.864. The lowest BCUT2D eigenvalue weighted by Crippen LogP contribution is -2.25. The summed E-state index contributed by atoms with van der Waals surface area (Å²) in [5.74, 6) is 0.105. The molecule has 3 rings (SSSR count). The van der Waals surface area contributed by atoms with Crippen LogP contribution < -0.4 is 4.74 Å². The summed E-state index contributed by atoms with van der Waals surface area (Å²) in [5.41, 5.74) is 0.249. The van der Waals surface area contributed by atoms with Crippen molar-refractivity contribution in [3.8, 4) is 5.75 Å². The molecule has 5 heteroatoms. The highest BCUT2D eigenvalue weighted by Crippen LogP contribution is 2.42. The molecule has 0 unspecified atom stereocenters. The first-order valence-electron chi connectivity index (χ1n) is 10.9. The van der Waals surface area contributed by atoms with Gasteiger partial charge in [-0.15, -0.1) is 0 Å². The van der Waals surface area contributed by atoms with Crippen molar-refractivity contribution < 1.29 is 22.3 Å². The molecule has 2 aliphatic rings. The van der Waals surface area contributed by atoms with E-state index in [1.807, 2.05) is 0 Å². The molecule has 1 aromatic rings. The van der Waals surface area contributed by atoms with Crippen molar-refractivity contribution in [2.45, 2.75) is 84.2 Å². The number of benzene rings is 1. The number of alkyl halides is 2. The van der Waals surface area contributed by atoms with E-state index in [4.69, 9.17) is 0 Å². The predicted octanol–water partition coefficient (Wildman–Crippen LogP) is 7.52. The van der Waals surface area contributed by atoms with Gasteiger partial charge in [0.2, 0.25) is 5.82 Å². The van der Waals surface area contributed by atoms with Crippen molar-refractivity contribution in [3.05, 3.63) is 29.3 Å². The van der Waals surface area contributed by atoms with Crippen LogP contribution in [0.5, 0.6) is 5.75 Å². The van der Waals surface area contributed by atoms with E-state index in [9.17, 15) is 17.6 Å². The average molecular weight is 401 g/mol. The Hall–Kier alpha value is -1.26. The van der Waals surface area contributed by atoms with Crippen LogP contribution in [-0.4, -0.2) is 6.61 Å². The van der Waals surface area contributed by atoms with Gasteiger partial charge in [0.1, 0.15) is 0 Å². The van der Waals surface area contributed by atoms with E-state index in [1.54, 1.807) is 0 Å².